The van der Waals surface area contributed by atoms with Crippen molar-refractivity contribution < 1.29 is 0 Å². The molecule has 0 radical (unpaired) electrons. The summed E-state index contributed by atoms with van der Waals surface area (Å²) in [4.78, 5) is 4.33. The summed E-state index contributed by atoms with van der Waals surface area (Å²) in [6.07, 6.45) is 0. The summed E-state index contributed by atoms with van der Waals surface area (Å²) < 4.78 is 0.905. The Morgan fingerprint density at radius 2 is 2.27 bits per heavy atom. The molecule has 0 aliphatic heterocycles. The van der Waals surface area contributed by atoms with E-state index < -0.39 is 0 Å². The molecule has 1 aromatic rings. The molecule has 0 aliphatic rings. The fourth-order valence-electron chi connectivity index (χ4n) is 0.777. The van der Waals surface area contributed by atoms with E-state index in [2.05, 4.69) is 43.8 Å². The topological polar surface area (TPSA) is 12.9 Å². The van der Waals surface area contributed by atoms with E-state index in [0.717, 1.165) is 15.6 Å². The lowest BCUT2D eigenvalue weighted by Crippen LogP contribution is -1.97. The van der Waals surface area contributed by atoms with Crippen molar-refractivity contribution in [2.75, 3.05) is 5.33 Å². The third kappa shape index (κ3) is 2.56. The number of halogens is 2. The van der Waals surface area contributed by atoms with Crippen LogP contribution in [0.4, 0.5) is 0 Å². The molecule has 0 aliphatic carbocycles. The average Bonchev–Trinajstić information content (AvgIpc) is 2.03. The minimum Gasteiger partial charge on any atom is -0.246 e. The van der Waals surface area contributed by atoms with Gasteiger partial charge in [0.2, 0.25) is 0 Å². The highest BCUT2D eigenvalue weighted by Gasteiger charge is 2.03. The second kappa shape index (κ2) is 4.21. The van der Waals surface area contributed by atoms with Crippen molar-refractivity contribution in [3.05, 3.63) is 28.5 Å². The van der Waals surface area contributed by atoms with Gasteiger partial charge in [-0.3, -0.25) is 0 Å². The van der Waals surface area contributed by atoms with Crippen LogP contribution in [-0.2, 0) is 0 Å². The molecule has 0 saturated carbocycles. The number of aromatic nitrogens is 1. The maximum absolute atomic E-state index is 4.33. The highest BCUT2D eigenvalue weighted by atomic mass is 79.9. The zero-order valence-corrected chi connectivity index (χ0v) is 9.39. The number of rotatable bonds is 2. The number of nitrogens with zero attached hydrogens (tertiary/aromatic N) is 1. The van der Waals surface area contributed by atoms with Crippen molar-refractivity contribution in [3.63, 3.8) is 0 Å². The van der Waals surface area contributed by atoms with Gasteiger partial charge in [-0.1, -0.05) is 28.9 Å². The first-order valence-corrected chi connectivity index (χ1v) is 5.34. The Morgan fingerprint density at radius 3 is 2.82 bits per heavy atom. The summed E-state index contributed by atoms with van der Waals surface area (Å²) in [5.74, 6) is 0.479. The normalized spacial score (nSPS) is 13.0. The van der Waals surface area contributed by atoms with Gasteiger partial charge in [0.1, 0.15) is 4.60 Å². The molecular formula is C8H9Br2N. The molecule has 1 unspecified atom stereocenters. The summed E-state index contributed by atoms with van der Waals surface area (Å²) in [7, 11) is 0. The maximum Gasteiger partial charge on any atom is 0.106 e. The molecular weight excluding hydrogens is 270 g/mol. The van der Waals surface area contributed by atoms with Crippen LogP contribution in [0.2, 0.25) is 0 Å². The molecule has 1 atom stereocenters. The molecule has 0 spiro atoms. The van der Waals surface area contributed by atoms with Gasteiger partial charge in [0.05, 0.1) is 0 Å². The van der Waals surface area contributed by atoms with E-state index in [0.29, 0.717) is 5.92 Å². The van der Waals surface area contributed by atoms with Crippen molar-refractivity contribution in [1.29, 1.82) is 0 Å². The average molecular weight is 279 g/mol. The lowest BCUT2D eigenvalue weighted by Gasteiger charge is -2.05. The SMILES string of the molecule is CC(CBr)c1cccc(Br)n1. The van der Waals surface area contributed by atoms with Crippen molar-refractivity contribution in [2.24, 2.45) is 0 Å². The second-order valence-corrected chi connectivity index (χ2v) is 3.90. The van der Waals surface area contributed by atoms with E-state index in [1.54, 1.807) is 0 Å². The van der Waals surface area contributed by atoms with Gasteiger partial charge in [-0.2, -0.15) is 0 Å². The molecule has 0 N–H and O–H groups in total. The van der Waals surface area contributed by atoms with Gasteiger partial charge in [0, 0.05) is 16.9 Å². The predicted molar refractivity (Wildman–Crippen MR) is 54.1 cm³/mol. The van der Waals surface area contributed by atoms with Crippen LogP contribution in [0.15, 0.2) is 22.8 Å². The lowest BCUT2D eigenvalue weighted by atomic mass is 10.1. The van der Waals surface area contributed by atoms with Crippen LogP contribution < -0.4 is 0 Å². The van der Waals surface area contributed by atoms with Gasteiger partial charge < -0.3 is 0 Å². The number of pyridine rings is 1. The third-order valence-corrected chi connectivity index (χ3v) is 2.89. The fraction of sp³-hybridized carbons (Fsp3) is 0.375. The highest BCUT2D eigenvalue weighted by molar-refractivity contribution is 9.10. The van der Waals surface area contributed by atoms with Gasteiger partial charge in [0.15, 0.2) is 0 Å². The largest absolute Gasteiger partial charge is 0.246 e. The van der Waals surface area contributed by atoms with Crippen molar-refractivity contribution >= 4 is 31.9 Å². The predicted octanol–water partition coefficient (Wildman–Crippen LogP) is 3.34. The van der Waals surface area contributed by atoms with E-state index in [9.17, 15) is 0 Å². The molecule has 1 rings (SSSR count). The van der Waals surface area contributed by atoms with Crippen LogP contribution in [0.1, 0.15) is 18.5 Å². The summed E-state index contributed by atoms with van der Waals surface area (Å²) in [5.41, 5.74) is 1.12. The number of alkyl halides is 1. The Labute approximate surface area is 83.5 Å². The van der Waals surface area contributed by atoms with E-state index in [1.807, 2.05) is 18.2 Å². The fourth-order valence-corrected chi connectivity index (χ4v) is 1.47. The van der Waals surface area contributed by atoms with Gasteiger partial charge in [0.25, 0.3) is 0 Å². The van der Waals surface area contributed by atoms with Crippen molar-refractivity contribution in [1.82, 2.24) is 4.98 Å². The molecule has 1 nitrogen and oxygen atoms in total. The Hall–Kier alpha value is 0.110. The summed E-state index contributed by atoms with van der Waals surface area (Å²) >= 11 is 6.75. The van der Waals surface area contributed by atoms with Crippen molar-refractivity contribution in [2.45, 2.75) is 12.8 Å². The first kappa shape index (κ1) is 9.20. The molecule has 1 heterocycles. The summed E-state index contributed by atoms with van der Waals surface area (Å²) in [6, 6.07) is 5.98. The second-order valence-electron chi connectivity index (χ2n) is 2.44. The molecule has 1 aromatic heterocycles. The van der Waals surface area contributed by atoms with E-state index in [1.165, 1.54) is 0 Å². The van der Waals surface area contributed by atoms with Crippen LogP contribution in [-0.4, -0.2) is 10.3 Å². The minimum absolute atomic E-state index is 0.479. The monoisotopic (exact) mass is 277 g/mol. The summed E-state index contributed by atoms with van der Waals surface area (Å²) in [5, 5.41) is 0.955. The molecule has 11 heavy (non-hydrogen) atoms. The van der Waals surface area contributed by atoms with Gasteiger partial charge in [-0.15, -0.1) is 0 Å². The smallest absolute Gasteiger partial charge is 0.106 e. The van der Waals surface area contributed by atoms with Crippen LogP contribution >= 0.6 is 31.9 Å². The van der Waals surface area contributed by atoms with Gasteiger partial charge in [-0.25, -0.2) is 4.98 Å². The lowest BCUT2D eigenvalue weighted by molar-refractivity contribution is 0.836. The zero-order chi connectivity index (χ0) is 8.27. The first-order valence-electron chi connectivity index (χ1n) is 3.42. The Morgan fingerprint density at radius 1 is 1.55 bits per heavy atom. The van der Waals surface area contributed by atoms with Crippen LogP contribution in [0.5, 0.6) is 0 Å². The van der Waals surface area contributed by atoms with E-state index >= 15 is 0 Å². The Kier molecular flexibility index (Phi) is 3.52. The third-order valence-electron chi connectivity index (χ3n) is 1.47. The minimum atomic E-state index is 0.479. The standard InChI is InChI=1S/C8H9Br2N/c1-6(5-9)7-3-2-4-8(10)11-7/h2-4,6H,5H2,1H3. The summed E-state index contributed by atoms with van der Waals surface area (Å²) in [6.45, 7) is 2.14. The zero-order valence-electron chi connectivity index (χ0n) is 6.22. The molecule has 60 valence electrons. The van der Waals surface area contributed by atoms with Crippen LogP contribution in [0.25, 0.3) is 0 Å². The molecule has 3 heteroatoms. The van der Waals surface area contributed by atoms with Gasteiger partial charge >= 0.3 is 0 Å². The van der Waals surface area contributed by atoms with Crippen LogP contribution in [0, 0.1) is 0 Å². The molecule has 0 amide bonds. The van der Waals surface area contributed by atoms with Crippen molar-refractivity contribution in [3.8, 4) is 0 Å². The molecule has 0 bridgehead atoms. The van der Waals surface area contributed by atoms with Gasteiger partial charge in [-0.05, 0) is 28.1 Å². The number of hydrogen-bond acceptors (Lipinski definition) is 1. The Balaban J connectivity index is 2.86. The molecule has 0 saturated heterocycles. The number of hydrogen-bond donors (Lipinski definition) is 0. The quantitative estimate of drug-likeness (QED) is 0.597. The van der Waals surface area contributed by atoms with E-state index in [4.69, 9.17) is 0 Å². The Bertz CT molecular complexity index is 237. The van der Waals surface area contributed by atoms with Crippen LogP contribution in [0.3, 0.4) is 0 Å². The molecule has 0 fully saturated rings. The maximum atomic E-state index is 4.33. The molecule has 0 aromatic carbocycles. The first-order chi connectivity index (χ1) is 5.24. The van der Waals surface area contributed by atoms with E-state index in [-0.39, 0.29) is 0 Å². The highest BCUT2D eigenvalue weighted by Crippen LogP contribution is 2.16.